The van der Waals surface area contributed by atoms with Gasteiger partial charge in [-0.05, 0) is 30.5 Å². The minimum atomic E-state index is -3.83. The van der Waals surface area contributed by atoms with Crippen LogP contribution in [0.2, 0.25) is 0 Å². The molecule has 1 heterocycles. The lowest BCUT2D eigenvalue weighted by Gasteiger charge is -2.11. The Hall–Kier alpha value is -1.44. The molecule has 1 aromatic rings. The summed E-state index contributed by atoms with van der Waals surface area (Å²) < 4.78 is 28.4. The van der Waals surface area contributed by atoms with Crippen LogP contribution in [-0.4, -0.2) is 34.1 Å². The number of sulfonamides is 1. The molecule has 0 bridgehead atoms. The third kappa shape index (κ3) is 4.03. The molecule has 2 rings (SSSR count). The fourth-order valence-electron chi connectivity index (χ4n) is 2.34. The van der Waals surface area contributed by atoms with Gasteiger partial charge in [-0.25, -0.2) is 13.6 Å². The number of nitrogens with two attached hydrogens (primary N) is 1. The third-order valence-electron chi connectivity index (χ3n) is 3.59. The van der Waals surface area contributed by atoms with Crippen LogP contribution in [0.15, 0.2) is 23.1 Å². The quantitative estimate of drug-likeness (QED) is 0.834. The fourth-order valence-corrected chi connectivity index (χ4v) is 3.21. The van der Waals surface area contributed by atoms with Crippen LogP contribution in [-0.2, 0) is 21.2 Å². The summed E-state index contributed by atoms with van der Waals surface area (Å²) in [6, 6.07) is 4.59. The predicted molar refractivity (Wildman–Crippen MR) is 78.5 cm³/mol. The van der Waals surface area contributed by atoms with Gasteiger partial charge in [0.1, 0.15) is 0 Å². The first-order chi connectivity index (χ1) is 9.91. The molecule has 3 N–H and O–H groups in total. The molecule has 0 aromatic heterocycles. The molecule has 21 heavy (non-hydrogen) atoms. The van der Waals surface area contributed by atoms with Gasteiger partial charge in [-0.3, -0.25) is 4.79 Å². The van der Waals surface area contributed by atoms with Gasteiger partial charge in [0.05, 0.1) is 11.5 Å². The number of carbonyl (C=O) groups is 1. The van der Waals surface area contributed by atoms with E-state index >= 15 is 0 Å². The molecule has 1 fully saturated rings. The monoisotopic (exact) mass is 312 g/mol. The second kappa shape index (κ2) is 6.55. The Morgan fingerprint density at radius 3 is 2.81 bits per heavy atom. The largest absolute Gasteiger partial charge is 0.381 e. The third-order valence-corrected chi connectivity index (χ3v) is 4.59. The van der Waals surface area contributed by atoms with Gasteiger partial charge >= 0.3 is 0 Å². The zero-order chi connectivity index (χ0) is 15.5. The molecule has 1 aliphatic rings. The lowest BCUT2D eigenvalue weighted by Crippen LogP contribution is -2.29. The van der Waals surface area contributed by atoms with Gasteiger partial charge in [0.25, 0.3) is 5.91 Å². The van der Waals surface area contributed by atoms with E-state index in [0.29, 0.717) is 36.6 Å². The molecule has 0 spiro atoms. The van der Waals surface area contributed by atoms with Gasteiger partial charge in [0, 0.05) is 24.6 Å². The van der Waals surface area contributed by atoms with Crippen molar-refractivity contribution in [3.63, 3.8) is 0 Å². The molecule has 1 saturated heterocycles. The normalized spacial score (nSPS) is 18.7. The molecule has 7 heteroatoms. The Bertz CT molecular complexity index is 622. The molecule has 0 aliphatic carbocycles. The molecule has 1 atom stereocenters. The smallest absolute Gasteiger partial charge is 0.251 e. The number of ether oxygens (including phenoxy) is 1. The predicted octanol–water partition coefficient (Wildman–Crippen LogP) is 0.663. The summed E-state index contributed by atoms with van der Waals surface area (Å²) in [5, 5.41) is 8.00. The Balaban J connectivity index is 2.13. The zero-order valence-electron chi connectivity index (χ0n) is 12.0. The molecule has 1 aliphatic heterocycles. The number of carbonyl (C=O) groups excluding carboxylic acids is 1. The molecular formula is C14H20N2O4S. The standard InChI is InChI=1S/C14H20N2O4S/c1-2-11-3-4-12(7-13(11)21(15,18)19)14(17)16-8-10-5-6-20-9-10/h3-4,7,10H,2,5-6,8-9H2,1H3,(H,16,17)(H2,15,18,19). The Morgan fingerprint density at radius 1 is 1.48 bits per heavy atom. The molecule has 0 radical (unpaired) electrons. The highest BCUT2D eigenvalue weighted by Crippen LogP contribution is 2.17. The maximum atomic E-state index is 12.1. The van der Waals surface area contributed by atoms with Crippen molar-refractivity contribution < 1.29 is 17.9 Å². The average Bonchev–Trinajstić information content (AvgIpc) is 2.96. The lowest BCUT2D eigenvalue weighted by atomic mass is 10.1. The van der Waals surface area contributed by atoms with E-state index in [1.165, 1.54) is 6.07 Å². The Morgan fingerprint density at radius 2 is 2.24 bits per heavy atom. The van der Waals surface area contributed by atoms with E-state index < -0.39 is 10.0 Å². The van der Waals surface area contributed by atoms with Crippen molar-refractivity contribution in [1.82, 2.24) is 5.32 Å². The number of amides is 1. The van der Waals surface area contributed by atoms with E-state index in [0.717, 1.165) is 13.0 Å². The van der Waals surface area contributed by atoms with Crippen LogP contribution < -0.4 is 10.5 Å². The van der Waals surface area contributed by atoms with Crippen molar-refractivity contribution in [3.05, 3.63) is 29.3 Å². The molecule has 0 saturated carbocycles. The number of hydrogen-bond donors (Lipinski definition) is 2. The van der Waals surface area contributed by atoms with Gasteiger partial charge in [0.2, 0.25) is 10.0 Å². The second-order valence-electron chi connectivity index (χ2n) is 5.16. The van der Waals surface area contributed by atoms with E-state index in [2.05, 4.69) is 5.32 Å². The van der Waals surface area contributed by atoms with Crippen molar-refractivity contribution in [1.29, 1.82) is 0 Å². The van der Waals surface area contributed by atoms with Crippen molar-refractivity contribution in [2.24, 2.45) is 11.1 Å². The number of hydrogen-bond acceptors (Lipinski definition) is 4. The SMILES string of the molecule is CCc1ccc(C(=O)NCC2CCOC2)cc1S(N)(=O)=O. The van der Waals surface area contributed by atoms with Crippen molar-refractivity contribution in [2.75, 3.05) is 19.8 Å². The zero-order valence-corrected chi connectivity index (χ0v) is 12.8. The van der Waals surface area contributed by atoms with Gasteiger partial charge in [-0.1, -0.05) is 13.0 Å². The summed E-state index contributed by atoms with van der Waals surface area (Å²) >= 11 is 0. The molecule has 6 nitrogen and oxygen atoms in total. The minimum absolute atomic E-state index is 0.0156. The van der Waals surface area contributed by atoms with Crippen LogP contribution in [0.3, 0.4) is 0 Å². The molecule has 116 valence electrons. The second-order valence-corrected chi connectivity index (χ2v) is 6.69. The summed E-state index contributed by atoms with van der Waals surface area (Å²) in [5.41, 5.74) is 0.911. The number of rotatable bonds is 5. The highest BCUT2D eigenvalue weighted by atomic mass is 32.2. The highest BCUT2D eigenvalue weighted by Gasteiger charge is 2.19. The maximum Gasteiger partial charge on any atom is 0.251 e. The highest BCUT2D eigenvalue weighted by molar-refractivity contribution is 7.89. The summed E-state index contributed by atoms with van der Waals surface area (Å²) in [4.78, 5) is 12.1. The summed E-state index contributed by atoms with van der Waals surface area (Å²) in [6.07, 6.45) is 1.46. The van der Waals surface area contributed by atoms with Crippen LogP contribution in [0, 0.1) is 5.92 Å². The van der Waals surface area contributed by atoms with Crippen LogP contribution in [0.5, 0.6) is 0 Å². The molecule has 1 aromatic carbocycles. The number of aryl methyl sites for hydroxylation is 1. The number of primary sulfonamides is 1. The van der Waals surface area contributed by atoms with E-state index in [1.54, 1.807) is 12.1 Å². The van der Waals surface area contributed by atoms with Gasteiger partial charge in [-0.2, -0.15) is 0 Å². The molecular weight excluding hydrogens is 292 g/mol. The summed E-state index contributed by atoms with van der Waals surface area (Å²) in [7, 11) is -3.83. The van der Waals surface area contributed by atoms with Crippen molar-refractivity contribution in [3.8, 4) is 0 Å². The maximum absolute atomic E-state index is 12.1. The topological polar surface area (TPSA) is 98.5 Å². The van der Waals surface area contributed by atoms with Crippen LogP contribution in [0.1, 0.15) is 29.3 Å². The lowest BCUT2D eigenvalue weighted by molar-refractivity contribution is 0.0944. The van der Waals surface area contributed by atoms with E-state index in [9.17, 15) is 13.2 Å². The summed E-state index contributed by atoms with van der Waals surface area (Å²) in [5.74, 6) is 0.0241. The van der Waals surface area contributed by atoms with E-state index in [4.69, 9.17) is 9.88 Å². The van der Waals surface area contributed by atoms with Gasteiger partial charge < -0.3 is 10.1 Å². The average molecular weight is 312 g/mol. The molecule has 1 amide bonds. The molecule has 1 unspecified atom stereocenters. The Labute approximate surface area is 124 Å². The van der Waals surface area contributed by atoms with E-state index in [1.807, 2.05) is 6.92 Å². The Kier molecular flexibility index (Phi) is 4.97. The van der Waals surface area contributed by atoms with E-state index in [-0.39, 0.29) is 10.8 Å². The minimum Gasteiger partial charge on any atom is -0.381 e. The first-order valence-electron chi connectivity index (χ1n) is 6.93. The first kappa shape index (κ1) is 15.9. The summed E-state index contributed by atoms with van der Waals surface area (Å²) in [6.45, 7) is 3.74. The van der Waals surface area contributed by atoms with Gasteiger partial charge in [0.15, 0.2) is 0 Å². The van der Waals surface area contributed by atoms with Crippen LogP contribution in [0.4, 0.5) is 0 Å². The fraction of sp³-hybridized carbons (Fsp3) is 0.500. The van der Waals surface area contributed by atoms with Crippen molar-refractivity contribution >= 4 is 15.9 Å². The van der Waals surface area contributed by atoms with Crippen LogP contribution in [0.25, 0.3) is 0 Å². The van der Waals surface area contributed by atoms with Crippen LogP contribution >= 0.6 is 0 Å². The number of nitrogens with one attached hydrogen (secondary N) is 1. The first-order valence-corrected chi connectivity index (χ1v) is 8.48. The number of benzene rings is 1. The van der Waals surface area contributed by atoms with Gasteiger partial charge in [-0.15, -0.1) is 0 Å². The van der Waals surface area contributed by atoms with Crippen molar-refractivity contribution in [2.45, 2.75) is 24.7 Å².